The first-order chi connectivity index (χ1) is 11.3. The molecule has 0 aromatic heterocycles. The number of likely N-dealkylation sites (tertiary alicyclic amines) is 1. The first-order valence-electron chi connectivity index (χ1n) is 8.95. The summed E-state index contributed by atoms with van der Waals surface area (Å²) in [7, 11) is 0. The van der Waals surface area contributed by atoms with E-state index in [0.29, 0.717) is 12.3 Å². The molecule has 2 aliphatic rings. The highest BCUT2D eigenvalue weighted by atomic mass is 16.5. The molecule has 0 aliphatic carbocycles. The Bertz CT molecular complexity index is 524. The van der Waals surface area contributed by atoms with E-state index in [-0.39, 0.29) is 12.0 Å². The third-order valence-electron chi connectivity index (χ3n) is 5.10. The zero-order chi connectivity index (χ0) is 16.1. The Morgan fingerprint density at radius 3 is 2.87 bits per heavy atom. The number of hydrogen-bond acceptors (Lipinski definition) is 3. The molecule has 1 aromatic carbocycles. The van der Waals surface area contributed by atoms with Gasteiger partial charge in [0.2, 0.25) is 5.91 Å². The lowest BCUT2D eigenvalue weighted by Crippen LogP contribution is -2.41. The highest BCUT2D eigenvalue weighted by Gasteiger charge is 2.27. The van der Waals surface area contributed by atoms with Crippen LogP contribution in [0.15, 0.2) is 24.3 Å². The van der Waals surface area contributed by atoms with E-state index in [9.17, 15) is 4.79 Å². The van der Waals surface area contributed by atoms with Gasteiger partial charge in [-0.1, -0.05) is 31.2 Å². The van der Waals surface area contributed by atoms with E-state index in [1.807, 2.05) is 11.0 Å². The molecule has 0 bridgehead atoms. The van der Waals surface area contributed by atoms with Crippen LogP contribution in [0.1, 0.15) is 43.4 Å². The molecule has 126 valence electrons. The van der Waals surface area contributed by atoms with E-state index in [1.165, 1.54) is 11.1 Å². The summed E-state index contributed by atoms with van der Waals surface area (Å²) >= 11 is 0. The Morgan fingerprint density at radius 1 is 1.30 bits per heavy atom. The molecule has 23 heavy (non-hydrogen) atoms. The van der Waals surface area contributed by atoms with Crippen molar-refractivity contribution in [2.24, 2.45) is 5.92 Å². The first-order valence-corrected chi connectivity index (χ1v) is 8.95. The third kappa shape index (κ3) is 4.12. The van der Waals surface area contributed by atoms with Gasteiger partial charge in [0.25, 0.3) is 0 Å². The van der Waals surface area contributed by atoms with Crippen molar-refractivity contribution in [3.05, 3.63) is 35.4 Å². The summed E-state index contributed by atoms with van der Waals surface area (Å²) in [6.45, 7) is 6.75. The monoisotopic (exact) mass is 316 g/mol. The number of piperidine rings is 1. The maximum Gasteiger partial charge on any atom is 0.225 e. The van der Waals surface area contributed by atoms with Crippen LogP contribution in [-0.2, 0) is 16.0 Å². The van der Waals surface area contributed by atoms with Crippen LogP contribution >= 0.6 is 0 Å². The minimum Gasteiger partial charge on any atom is -0.373 e. The molecule has 1 N–H and O–H groups in total. The molecule has 1 saturated heterocycles. The summed E-state index contributed by atoms with van der Waals surface area (Å²) in [5, 5.41) is 3.42. The molecule has 1 unspecified atom stereocenters. The molecule has 1 aromatic rings. The van der Waals surface area contributed by atoms with E-state index in [4.69, 9.17) is 4.74 Å². The first kappa shape index (κ1) is 16.5. The van der Waals surface area contributed by atoms with E-state index in [0.717, 1.165) is 52.0 Å². The van der Waals surface area contributed by atoms with Crippen molar-refractivity contribution in [3.8, 4) is 0 Å². The SMILES string of the molecule is CCNCC1CCN(C(=O)CC2OCCc3ccccc32)CC1. The standard InChI is InChI=1S/C19H28N2O2/c1-2-20-14-15-7-10-21(11-8-15)19(22)13-18-17-6-4-3-5-16(17)9-12-23-18/h3-6,15,18,20H,2,7-14H2,1H3. The van der Waals surface area contributed by atoms with Gasteiger partial charge in [0.15, 0.2) is 0 Å². The second kappa shape index (κ2) is 7.93. The van der Waals surface area contributed by atoms with Crippen LogP contribution < -0.4 is 5.32 Å². The fourth-order valence-electron chi connectivity index (χ4n) is 3.67. The number of carbonyl (C=O) groups is 1. The largest absolute Gasteiger partial charge is 0.373 e. The minimum absolute atomic E-state index is 0.0630. The fourth-order valence-corrected chi connectivity index (χ4v) is 3.67. The lowest BCUT2D eigenvalue weighted by atomic mass is 9.94. The summed E-state index contributed by atoms with van der Waals surface area (Å²) in [5.74, 6) is 0.958. The van der Waals surface area contributed by atoms with E-state index in [1.54, 1.807) is 0 Å². The van der Waals surface area contributed by atoms with Gasteiger partial charge in [0.1, 0.15) is 0 Å². The van der Waals surface area contributed by atoms with Crippen molar-refractivity contribution >= 4 is 5.91 Å². The molecule has 1 atom stereocenters. The summed E-state index contributed by atoms with van der Waals surface area (Å²) in [6, 6.07) is 8.37. The van der Waals surface area contributed by atoms with Gasteiger partial charge >= 0.3 is 0 Å². The van der Waals surface area contributed by atoms with Crippen molar-refractivity contribution in [2.45, 2.75) is 38.7 Å². The molecule has 0 saturated carbocycles. The maximum absolute atomic E-state index is 12.6. The predicted molar refractivity (Wildman–Crippen MR) is 91.3 cm³/mol. The molecule has 3 rings (SSSR count). The number of nitrogens with zero attached hydrogens (tertiary/aromatic N) is 1. The van der Waals surface area contributed by atoms with Gasteiger partial charge in [-0.15, -0.1) is 0 Å². The number of nitrogens with one attached hydrogen (secondary N) is 1. The number of rotatable bonds is 5. The van der Waals surface area contributed by atoms with Gasteiger partial charge < -0.3 is 15.0 Å². The van der Waals surface area contributed by atoms with Gasteiger partial charge in [0.05, 0.1) is 19.1 Å². The van der Waals surface area contributed by atoms with Crippen molar-refractivity contribution in [1.29, 1.82) is 0 Å². The quantitative estimate of drug-likeness (QED) is 0.907. The number of fused-ring (bicyclic) bond motifs is 1. The van der Waals surface area contributed by atoms with Gasteiger partial charge in [-0.3, -0.25) is 4.79 Å². The van der Waals surface area contributed by atoms with Crippen molar-refractivity contribution in [1.82, 2.24) is 10.2 Å². The zero-order valence-corrected chi connectivity index (χ0v) is 14.1. The van der Waals surface area contributed by atoms with Crippen molar-refractivity contribution in [3.63, 3.8) is 0 Å². The van der Waals surface area contributed by atoms with Crippen molar-refractivity contribution in [2.75, 3.05) is 32.8 Å². The van der Waals surface area contributed by atoms with Gasteiger partial charge in [-0.05, 0) is 49.4 Å². The normalized spacial score (nSPS) is 22.0. The Labute approximate surface area is 139 Å². The van der Waals surface area contributed by atoms with Crippen LogP contribution in [0.5, 0.6) is 0 Å². The third-order valence-corrected chi connectivity index (χ3v) is 5.10. The average Bonchev–Trinajstić information content (AvgIpc) is 2.60. The number of carbonyl (C=O) groups excluding carboxylic acids is 1. The van der Waals surface area contributed by atoms with Crippen LogP contribution in [0.2, 0.25) is 0 Å². The number of hydrogen-bond donors (Lipinski definition) is 1. The van der Waals surface area contributed by atoms with Crippen LogP contribution in [0.3, 0.4) is 0 Å². The van der Waals surface area contributed by atoms with Gasteiger partial charge in [-0.2, -0.15) is 0 Å². The molecule has 2 heterocycles. The summed E-state index contributed by atoms with van der Waals surface area (Å²) in [5.41, 5.74) is 2.54. The topological polar surface area (TPSA) is 41.6 Å². The van der Waals surface area contributed by atoms with Crippen LogP contribution in [0.4, 0.5) is 0 Å². The lowest BCUT2D eigenvalue weighted by molar-refractivity contribution is -0.136. The van der Waals surface area contributed by atoms with Gasteiger partial charge in [0, 0.05) is 13.1 Å². The average molecular weight is 316 g/mol. The Balaban J connectivity index is 1.53. The van der Waals surface area contributed by atoms with Crippen LogP contribution in [-0.4, -0.2) is 43.6 Å². The second-order valence-corrected chi connectivity index (χ2v) is 6.64. The lowest BCUT2D eigenvalue weighted by Gasteiger charge is -2.34. The van der Waals surface area contributed by atoms with Crippen molar-refractivity contribution < 1.29 is 9.53 Å². The molecule has 4 heteroatoms. The predicted octanol–water partition coefficient (Wildman–Crippen LogP) is 2.54. The zero-order valence-electron chi connectivity index (χ0n) is 14.1. The van der Waals surface area contributed by atoms with Crippen LogP contribution in [0, 0.1) is 5.92 Å². The Hall–Kier alpha value is -1.39. The van der Waals surface area contributed by atoms with E-state index >= 15 is 0 Å². The summed E-state index contributed by atoms with van der Waals surface area (Å²) < 4.78 is 5.88. The molecule has 0 spiro atoms. The Kier molecular flexibility index (Phi) is 5.68. The molecular formula is C19H28N2O2. The number of benzene rings is 1. The highest BCUT2D eigenvalue weighted by molar-refractivity contribution is 5.77. The van der Waals surface area contributed by atoms with E-state index in [2.05, 4.69) is 30.4 Å². The fraction of sp³-hybridized carbons (Fsp3) is 0.632. The summed E-state index contributed by atoms with van der Waals surface area (Å²) in [4.78, 5) is 14.7. The van der Waals surface area contributed by atoms with Gasteiger partial charge in [-0.25, -0.2) is 0 Å². The molecule has 2 aliphatic heterocycles. The number of amides is 1. The molecular weight excluding hydrogens is 288 g/mol. The smallest absolute Gasteiger partial charge is 0.225 e. The highest BCUT2D eigenvalue weighted by Crippen LogP contribution is 2.30. The molecule has 0 radical (unpaired) electrons. The second-order valence-electron chi connectivity index (χ2n) is 6.64. The molecule has 4 nitrogen and oxygen atoms in total. The molecule has 1 fully saturated rings. The maximum atomic E-state index is 12.6. The summed E-state index contributed by atoms with van der Waals surface area (Å²) in [6.07, 6.45) is 3.60. The molecule has 1 amide bonds. The number of ether oxygens (including phenoxy) is 1. The Morgan fingerprint density at radius 2 is 2.09 bits per heavy atom. The minimum atomic E-state index is -0.0630. The van der Waals surface area contributed by atoms with E-state index < -0.39 is 0 Å². The van der Waals surface area contributed by atoms with Crippen LogP contribution in [0.25, 0.3) is 0 Å².